The molecule has 0 unspecified atom stereocenters. The zero-order chi connectivity index (χ0) is 22.8. The van der Waals surface area contributed by atoms with Crippen LogP contribution in [-0.4, -0.2) is 29.3 Å². The lowest BCUT2D eigenvalue weighted by Gasteiger charge is -2.44. The summed E-state index contributed by atoms with van der Waals surface area (Å²) in [7, 11) is 0. The van der Waals surface area contributed by atoms with Crippen LogP contribution in [0.4, 0.5) is 0 Å². The van der Waals surface area contributed by atoms with Gasteiger partial charge in [-0.3, -0.25) is 9.59 Å². The molecule has 1 aromatic heterocycles. The summed E-state index contributed by atoms with van der Waals surface area (Å²) in [6.45, 7) is 2.66. The molecular weight excluding hydrogens is 428 g/mol. The maximum Gasteiger partial charge on any atom is 0.254 e. The highest BCUT2D eigenvalue weighted by atomic mass is 32.1. The Labute approximate surface area is 199 Å². The van der Waals surface area contributed by atoms with Crippen molar-refractivity contribution in [2.24, 2.45) is 0 Å². The summed E-state index contributed by atoms with van der Waals surface area (Å²) in [5.74, 6) is -0.334. The molecule has 3 aromatic rings. The van der Waals surface area contributed by atoms with E-state index in [1.165, 1.54) is 11.1 Å². The number of carbonyl (C=O) groups is 2. The molecule has 2 aromatic carbocycles. The minimum absolute atomic E-state index is 0.00370. The highest BCUT2D eigenvalue weighted by Gasteiger charge is 2.47. The molecule has 1 N–H and O–H groups in total. The van der Waals surface area contributed by atoms with Gasteiger partial charge in [-0.1, -0.05) is 66.9 Å². The first kappa shape index (κ1) is 21.9. The number of rotatable bonds is 6. The van der Waals surface area contributed by atoms with Gasteiger partial charge in [-0.2, -0.15) is 0 Å². The Bertz CT molecular complexity index is 1130. The van der Waals surface area contributed by atoms with E-state index >= 15 is 0 Å². The van der Waals surface area contributed by atoms with Gasteiger partial charge in [-0.05, 0) is 54.8 Å². The van der Waals surface area contributed by atoms with Crippen LogP contribution in [0.3, 0.4) is 0 Å². The average Bonchev–Trinajstić information content (AvgIpc) is 3.53. The average molecular weight is 459 g/mol. The van der Waals surface area contributed by atoms with E-state index in [0.29, 0.717) is 12.1 Å². The molecule has 1 aliphatic carbocycles. The minimum Gasteiger partial charge on any atom is -0.355 e. The van der Waals surface area contributed by atoms with Crippen molar-refractivity contribution >= 4 is 23.2 Å². The van der Waals surface area contributed by atoms with Gasteiger partial charge >= 0.3 is 0 Å². The van der Waals surface area contributed by atoms with Crippen molar-refractivity contribution in [3.63, 3.8) is 0 Å². The molecule has 4 nitrogen and oxygen atoms in total. The highest BCUT2D eigenvalue weighted by Crippen LogP contribution is 2.47. The van der Waals surface area contributed by atoms with E-state index in [4.69, 9.17) is 0 Å². The molecule has 33 heavy (non-hydrogen) atoms. The predicted molar refractivity (Wildman–Crippen MR) is 133 cm³/mol. The van der Waals surface area contributed by atoms with Crippen molar-refractivity contribution in [2.75, 3.05) is 6.54 Å². The van der Waals surface area contributed by atoms with Gasteiger partial charge in [0.1, 0.15) is 0 Å². The molecule has 1 saturated carbocycles. The topological polar surface area (TPSA) is 49.4 Å². The van der Waals surface area contributed by atoms with Crippen LogP contribution < -0.4 is 5.32 Å². The minimum atomic E-state index is -0.407. The molecule has 170 valence electrons. The summed E-state index contributed by atoms with van der Waals surface area (Å²) in [6.07, 6.45) is 5.09. The Hall–Kier alpha value is -2.92. The van der Waals surface area contributed by atoms with Gasteiger partial charge in [0, 0.05) is 23.0 Å². The summed E-state index contributed by atoms with van der Waals surface area (Å²) in [5, 5.41) is 5.25. The molecule has 0 spiro atoms. The molecule has 0 radical (unpaired) electrons. The third kappa shape index (κ3) is 4.34. The fourth-order valence-electron chi connectivity index (χ4n) is 5.49. The third-order valence-electron chi connectivity index (χ3n) is 7.01. The first-order valence-electron chi connectivity index (χ1n) is 11.9. The van der Waals surface area contributed by atoms with Gasteiger partial charge < -0.3 is 10.2 Å². The van der Waals surface area contributed by atoms with Gasteiger partial charge in [0.05, 0.1) is 12.0 Å². The Morgan fingerprint density at radius 3 is 2.64 bits per heavy atom. The molecule has 0 bridgehead atoms. The van der Waals surface area contributed by atoms with E-state index < -0.39 is 5.92 Å². The van der Waals surface area contributed by atoms with Crippen LogP contribution >= 0.6 is 11.3 Å². The zero-order valence-corrected chi connectivity index (χ0v) is 19.8. The predicted octanol–water partition coefficient (Wildman–Crippen LogP) is 5.64. The Balaban J connectivity index is 1.47. The van der Waals surface area contributed by atoms with Crippen LogP contribution in [-0.2, 0) is 11.2 Å². The standard InChI is InChI=1S/C28H30N2O2S/c1-19-8-6-9-20(18-19)15-16-29-27(31)25-22-12-4-5-13-23(22)28(32)30(21-10-2-3-11-21)26(25)24-14-7-17-33-24/h4-9,12-14,17-18,21,25-26H,2-3,10-11,15-16H2,1H3,(H,29,31)/t25-,26-/m1/s1. The first-order valence-corrected chi connectivity index (χ1v) is 12.8. The maximum atomic E-state index is 13.7. The van der Waals surface area contributed by atoms with E-state index in [0.717, 1.165) is 42.5 Å². The lowest BCUT2D eigenvalue weighted by Crippen LogP contribution is -2.50. The molecule has 0 saturated heterocycles. The third-order valence-corrected chi connectivity index (χ3v) is 7.95. The van der Waals surface area contributed by atoms with Gasteiger partial charge in [0.2, 0.25) is 5.91 Å². The lowest BCUT2D eigenvalue weighted by molar-refractivity contribution is -0.124. The van der Waals surface area contributed by atoms with Crippen molar-refractivity contribution in [1.82, 2.24) is 10.2 Å². The lowest BCUT2D eigenvalue weighted by atomic mass is 9.80. The van der Waals surface area contributed by atoms with Gasteiger partial charge in [-0.15, -0.1) is 11.3 Å². The molecule has 1 aliphatic heterocycles. The molecule has 5 heteroatoms. The first-order chi connectivity index (χ1) is 16.1. The number of hydrogen-bond acceptors (Lipinski definition) is 3. The fourth-order valence-corrected chi connectivity index (χ4v) is 6.35. The highest BCUT2D eigenvalue weighted by molar-refractivity contribution is 7.10. The number of fused-ring (bicyclic) bond motifs is 1. The van der Waals surface area contributed by atoms with Crippen LogP contribution in [0.1, 0.15) is 69.6 Å². The number of thiophene rings is 1. The van der Waals surface area contributed by atoms with Crippen molar-refractivity contribution in [3.05, 3.63) is 93.2 Å². The number of nitrogens with zero attached hydrogens (tertiary/aromatic N) is 1. The van der Waals surface area contributed by atoms with Gasteiger partial charge in [0.15, 0.2) is 0 Å². The second-order valence-corrected chi connectivity index (χ2v) is 10.2. The number of carbonyl (C=O) groups excluding carboxylic acids is 2. The largest absolute Gasteiger partial charge is 0.355 e. The molecule has 1 fully saturated rings. The summed E-state index contributed by atoms with van der Waals surface area (Å²) < 4.78 is 0. The zero-order valence-electron chi connectivity index (χ0n) is 19.0. The quantitative estimate of drug-likeness (QED) is 0.520. The van der Waals surface area contributed by atoms with E-state index in [9.17, 15) is 9.59 Å². The second kappa shape index (κ2) is 9.52. The number of benzene rings is 2. The summed E-state index contributed by atoms with van der Waals surface area (Å²) in [4.78, 5) is 30.6. The monoisotopic (exact) mass is 458 g/mol. The van der Waals surface area contributed by atoms with Crippen LogP contribution in [0.25, 0.3) is 0 Å². The molecular formula is C28H30N2O2S. The Morgan fingerprint density at radius 1 is 1.06 bits per heavy atom. The van der Waals surface area contributed by atoms with E-state index in [-0.39, 0.29) is 23.9 Å². The number of amides is 2. The van der Waals surface area contributed by atoms with E-state index in [1.807, 2.05) is 40.6 Å². The van der Waals surface area contributed by atoms with Crippen LogP contribution in [0.2, 0.25) is 0 Å². The van der Waals surface area contributed by atoms with Crippen molar-refractivity contribution in [3.8, 4) is 0 Å². The van der Waals surface area contributed by atoms with E-state index in [1.54, 1.807) is 11.3 Å². The van der Waals surface area contributed by atoms with Gasteiger partial charge in [0.25, 0.3) is 5.91 Å². The number of aryl methyl sites for hydroxylation is 1. The maximum absolute atomic E-state index is 13.7. The Morgan fingerprint density at radius 2 is 1.88 bits per heavy atom. The second-order valence-electron chi connectivity index (χ2n) is 9.21. The molecule has 2 atom stereocenters. The number of nitrogens with one attached hydrogen (secondary N) is 1. The molecule has 2 heterocycles. The van der Waals surface area contributed by atoms with E-state index in [2.05, 4.69) is 42.6 Å². The smallest absolute Gasteiger partial charge is 0.254 e. The van der Waals surface area contributed by atoms with Crippen LogP contribution in [0.5, 0.6) is 0 Å². The van der Waals surface area contributed by atoms with Crippen LogP contribution in [0, 0.1) is 6.92 Å². The Kier molecular flexibility index (Phi) is 6.32. The normalized spacial score (nSPS) is 20.6. The van der Waals surface area contributed by atoms with Crippen molar-refractivity contribution in [1.29, 1.82) is 0 Å². The summed E-state index contributed by atoms with van der Waals surface area (Å²) in [6, 6.07) is 20.1. The summed E-state index contributed by atoms with van der Waals surface area (Å²) in [5.41, 5.74) is 3.97. The molecule has 2 aliphatic rings. The number of hydrogen-bond donors (Lipinski definition) is 1. The van der Waals surface area contributed by atoms with Gasteiger partial charge in [-0.25, -0.2) is 0 Å². The molecule has 2 amide bonds. The fraction of sp³-hybridized carbons (Fsp3) is 0.357. The van der Waals surface area contributed by atoms with Crippen molar-refractivity contribution < 1.29 is 9.59 Å². The van der Waals surface area contributed by atoms with Crippen molar-refractivity contribution in [2.45, 2.75) is 57.0 Å². The SMILES string of the molecule is Cc1cccc(CCNC(=O)[C@@H]2c3ccccc3C(=O)N(C3CCCC3)[C@@H]2c2cccs2)c1. The summed E-state index contributed by atoms with van der Waals surface area (Å²) >= 11 is 1.64. The molecule has 5 rings (SSSR count). The van der Waals surface area contributed by atoms with Crippen LogP contribution in [0.15, 0.2) is 66.0 Å².